The highest BCUT2D eigenvalue weighted by Gasteiger charge is 2.29. The summed E-state index contributed by atoms with van der Waals surface area (Å²) in [6, 6.07) is 0. The van der Waals surface area contributed by atoms with Crippen molar-refractivity contribution in [2.75, 3.05) is 39.4 Å². The highest BCUT2D eigenvalue weighted by atomic mass is 16.6. The fourth-order valence-electron chi connectivity index (χ4n) is 3.27. The fourth-order valence-corrected chi connectivity index (χ4v) is 3.27. The van der Waals surface area contributed by atoms with Gasteiger partial charge in [0.25, 0.3) is 0 Å². The molecule has 0 spiro atoms. The minimum atomic E-state index is -0.408. The molecule has 0 aromatic heterocycles. The van der Waals surface area contributed by atoms with E-state index < -0.39 is 5.60 Å². The number of likely N-dealkylation sites (tertiary alicyclic amines) is 1. The molecule has 0 radical (unpaired) electrons. The summed E-state index contributed by atoms with van der Waals surface area (Å²) < 4.78 is 10.9. The van der Waals surface area contributed by atoms with Crippen molar-refractivity contribution < 1.29 is 14.3 Å². The van der Waals surface area contributed by atoms with Crippen LogP contribution in [0.25, 0.3) is 0 Å². The van der Waals surface area contributed by atoms with Crippen LogP contribution >= 0.6 is 0 Å². The van der Waals surface area contributed by atoms with Crippen LogP contribution in [0.3, 0.4) is 0 Å². The summed E-state index contributed by atoms with van der Waals surface area (Å²) in [5.74, 6) is 0.664. The minimum absolute atomic E-state index is 0.168. The lowest BCUT2D eigenvalue weighted by atomic mass is 9.82. The molecule has 1 N–H and O–H groups in total. The third-order valence-electron chi connectivity index (χ3n) is 4.95. The van der Waals surface area contributed by atoms with E-state index in [1.54, 1.807) is 0 Å². The molecule has 0 saturated carbocycles. The zero-order valence-electron chi connectivity index (χ0n) is 15.3. The monoisotopic (exact) mass is 326 g/mol. The summed E-state index contributed by atoms with van der Waals surface area (Å²) in [4.78, 5) is 13.9. The topological polar surface area (TPSA) is 50.8 Å². The van der Waals surface area contributed by atoms with Crippen LogP contribution in [0.2, 0.25) is 0 Å². The maximum Gasteiger partial charge on any atom is 0.410 e. The Labute approximate surface area is 141 Å². The summed E-state index contributed by atoms with van der Waals surface area (Å²) in [7, 11) is 0. The van der Waals surface area contributed by atoms with Gasteiger partial charge in [0.2, 0.25) is 0 Å². The number of piperidine rings is 1. The molecule has 0 unspecified atom stereocenters. The van der Waals surface area contributed by atoms with Gasteiger partial charge < -0.3 is 19.7 Å². The fraction of sp³-hybridized carbons (Fsp3) is 0.944. The lowest BCUT2D eigenvalue weighted by Crippen LogP contribution is -2.44. The summed E-state index contributed by atoms with van der Waals surface area (Å²) >= 11 is 0. The minimum Gasteiger partial charge on any atom is -0.444 e. The van der Waals surface area contributed by atoms with Crippen molar-refractivity contribution in [1.29, 1.82) is 0 Å². The zero-order chi connectivity index (χ0) is 16.9. The Kier molecular flexibility index (Phi) is 6.32. The average molecular weight is 326 g/mol. The maximum atomic E-state index is 12.1. The first-order valence-electron chi connectivity index (χ1n) is 9.04. The molecule has 0 aromatic rings. The van der Waals surface area contributed by atoms with Crippen LogP contribution < -0.4 is 5.32 Å². The number of nitrogens with one attached hydrogen (secondary N) is 1. The van der Waals surface area contributed by atoms with Gasteiger partial charge in [-0.15, -0.1) is 0 Å². The van der Waals surface area contributed by atoms with E-state index in [2.05, 4.69) is 12.2 Å². The van der Waals surface area contributed by atoms with Crippen molar-refractivity contribution in [3.05, 3.63) is 0 Å². The second kappa shape index (κ2) is 7.84. The number of amides is 1. The maximum absolute atomic E-state index is 12.1. The third-order valence-corrected chi connectivity index (χ3v) is 4.95. The number of nitrogens with zero attached hydrogens (tertiary/aromatic N) is 1. The lowest BCUT2D eigenvalue weighted by molar-refractivity contribution is 0.0171. The van der Waals surface area contributed by atoms with Gasteiger partial charge in [-0.05, 0) is 64.3 Å². The van der Waals surface area contributed by atoms with Crippen LogP contribution in [0.4, 0.5) is 4.79 Å². The average Bonchev–Trinajstić information content (AvgIpc) is 2.47. The van der Waals surface area contributed by atoms with Crippen molar-refractivity contribution >= 4 is 6.09 Å². The largest absolute Gasteiger partial charge is 0.444 e. The molecule has 2 rings (SSSR count). The van der Waals surface area contributed by atoms with Crippen molar-refractivity contribution in [3.8, 4) is 0 Å². The SMILES string of the molecule is CC1(CNCC2CCN(C(=O)OC(C)(C)C)CC2)CCOCC1. The Morgan fingerprint density at radius 1 is 1.26 bits per heavy atom. The van der Waals surface area contributed by atoms with Gasteiger partial charge >= 0.3 is 6.09 Å². The Bertz CT molecular complexity index is 378. The number of ether oxygens (including phenoxy) is 2. The molecule has 0 aromatic carbocycles. The molecule has 5 nitrogen and oxygen atoms in total. The first-order chi connectivity index (χ1) is 10.8. The number of carbonyl (C=O) groups is 1. The predicted molar refractivity (Wildman–Crippen MR) is 91.6 cm³/mol. The van der Waals surface area contributed by atoms with Crippen LogP contribution in [0.15, 0.2) is 0 Å². The van der Waals surface area contributed by atoms with E-state index in [0.717, 1.165) is 65.1 Å². The van der Waals surface area contributed by atoms with Crippen molar-refractivity contribution in [2.45, 2.75) is 59.0 Å². The number of hydrogen-bond acceptors (Lipinski definition) is 4. The van der Waals surface area contributed by atoms with Crippen molar-refractivity contribution in [2.24, 2.45) is 11.3 Å². The van der Waals surface area contributed by atoms with E-state index in [-0.39, 0.29) is 6.09 Å². The second-order valence-corrected chi connectivity index (χ2v) is 8.46. The quantitative estimate of drug-likeness (QED) is 0.863. The van der Waals surface area contributed by atoms with Gasteiger partial charge in [-0.2, -0.15) is 0 Å². The van der Waals surface area contributed by atoms with Crippen LogP contribution in [0.1, 0.15) is 53.4 Å². The highest BCUT2D eigenvalue weighted by Crippen LogP contribution is 2.29. The standard InChI is InChI=1S/C18H34N2O3/c1-17(2,3)23-16(21)20-9-5-15(6-10-20)13-19-14-18(4)7-11-22-12-8-18/h15,19H,5-14H2,1-4H3. The Hall–Kier alpha value is -0.810. The van der Waals surface area contributed by atoms with Crippen LogP contribution in [-0.2, 0) is 9.47 Å². The number of carbonyl (C=O) groups excluding carboxylic acids is 1. The van der Waals surface area contributed by atoms with Crippen LogP contribution in [-0.4, -0.2) is 56.0 Å². The normalized spacial score (nSPS) is 22.9. The van der Waals surface area contributed by atoms with Gasteiger partial charge in [0.15, 0.2) is 0 Å². The summed E-state index contributed by atoms with van der Waals surface area (Å²) in [5, 5.41) is 3.66. The Morgan fingerprint density at radius 2 is 1.87 bits per heavy atom. The molecule has 0 atom stereocenters. The Balaban J connectivity index is 1.64. The molecule has 23 heavy (non-hydrogen) atoms. The molecule has 2 aliphatic rings. The molecule has 2 heterocycles. The molecule has 0 aliphatic carbocycles. The van der Waals surface area contributed by atoms with Crippen LogP contribution in [0, 0.1) is 11.3 Å². The van der Waals surface area contributed by atoms with E-state index >= 15 is 0 Å². The van der Waals surface area contributed by atoms with Gasteiger partial charge in [-0.1, -0.05) is 6.92 Å². The van der Waals surface area contributed by atoms with Gasteiger partial charge in [0.05, 0.1) is 0 Å². The van der Waals surface area contributed by atoms with Crippen molar-refractivity contribution in [1.82, 2.24) is 10.2 Å². The first kappa shape index (κ1) is 18.5. The molecular weight excluding hydrogens is 292 g/mol. The van der Waals surface area contributed by atoms with E-state index in [0.29, 0.717) is 11.3 Å². The molecular formula is C18H34N2O3. The summed E-state index contributed by atoms with van der Waals surface area (Å²) in [6.07, 6.45) is 4.25. The summed E-state index contributed by atoms with van der Waals surface area (Å²) in [5.41, 5.74) is -0.0237. The van der Waals surface area contributed by atoms with E-state index in [4.69, 9.17) is 9.47 Å². The smallest absolute Gasteiger partial charge is 0.410 e. The van der Waals surface area contributed by atoms with Gasteiger partial charge in [0, 0.05) is 32.8 Å². The molecule has 5 heteroatoms. The molecule has 1 amide bonds. The number of rotatable bonds is 4. The van der Waals surface area contributed by atoms with Gasteiger partial charge in [-0.3, -0.25) is 0 Å². The lowest BCUT2D eigenvalue weighted by Gasteiger charge is -2.36. The predicted octanol–water partition coefficient (Wildman–Crippen LogP) is 3.04. The summed E-state index contributed by atoms with van der Waals surface area (Å²) in [6.45, 7) is 13.6. The zero-order valence-corrected chi connectivity index (χ0v) is 15.3. The van der Waals surface area contributed by atoms with Gasteiger partial charge in [0.1, 0.15) is 5.60 Å². The van der Waals surface area contributed by atoms with Gasteiger partial charge in [-0.25, -0.2) is 4.79 Å². The Morgan fingerprint density at radius 3 is 2.43 bits per heavy atom. The van der Waals surface area contributed by atoms with E-state index in [1.807, 2.05) is 25.7 Å². The molecule has 134 valence electrons. The van der Waals surface area contributed by atoms with E-state index in [1.165, 1.54) is 0 Å². The molecule has 0 bridgehead atoms. The van der Waals surface area contributed by atoms with Crippen LogP contribution in [0.5, 0.6) is 0 Å². The number of hydrogen-bond donors (Lipinski definition) is 1. The molecule has 2 fully saturated rings. The van der Waals surface area contributed by atoms with E-state index in [9.17, 15) is 4.79 Å². The molecule has 2 aliphatic heterocycles. The van der Waals surface area contributed by atoms with Crippen molar-refractivity contribution in [3.63, 3.8) is 0 Å². The third kappa shape index (κ3) is 6.30. The second-order valence-electron chi connectivity index (χ2n) is 8.46. The highest BCUT2D eigenvalue weighted by molar-refractivity contribution is 5.68. The molecule has 2 saturated heterocycles. The first-order valence-corrected chi connectivity index (χ1v) is 9.04.